The van der Waals surface area contributed by atoms with Crippen LogP contribution in [-0.2, 0) is 11.2 Å². The molecule has 1 aromatic heterocycles. The fourth-order valence-corrected chi connectivity index (χ4v) is 3.21. The highest BCUT2D eigenvalue weighted by Gasteiger charge is 2.20. The lowest BCUT2D eigenvalue weighted by Gasteiger charge is -2.16. The molecule has 0 aliphatic rings. The number of benzene rings is 3. The van der Waals surface area contributed by atoms with Crippen LogP contribution < -0.4 is 5.32 Å². The van der Waals surface area contributed by atoms with E-state index in [0.29, 0.717) is 11.3 Å². The summed E-state index contributed by atoms with van der Waals surface area (Å²) in [6.45, 7) is 0. The van der Waals surface area contributed by atoms with Gasteiger partial charge in [-0.05, 0) is 23.3 Å². The zero-order valence-corrected chi connectivity index (χ0v) is 16.6. The van der Waals surface area contributed by atoms with Gasteiger partial charge in [0.05, 0.1) is 18.3 Å². The number of carbonyl (C=O) groups is 1. The number of phenols is 1. The summed E-state index contributed by atoms with van der Waals surface area (Å²) in [7, 11) is 0. The standard InChI is InChI=1S/C25H21N3O3/c29-20-13-11-17(12-14-20)15-22(30)28-25-23(24(31)19-9-5-2-6-10-19)27-21(16-26-25)18-7-3-1-4-8-18/h1-14,16,24,29,31H,15H2,(H,26,28,30). The molecule has 3 N–H and O–H groups in total. The Morgan fingerprint density at radius 3 is 2.23 bits per heavy atom. The molecule has 4 rings (SSSR count). The highest BCUT2D eigenvalue weighted by Crippen LogP contribution is 2.28. The maximum atomic E-state index is 12.6. The van der Waals surface area contributed by atoms with Crippen molar-refractivity contribution < 1.29 is 15.0 Å². The molecule has 6 nitrogen and oxygen atoms in total. The van der Waals surface area contributed by atoms with Gasteiger partial charge in [0.25, 0.3) is 0 Å². The molecule has 154 valence electrons. The van der Waals surface area contributed by atoms with Gasteiger partial charge in [-0.3, -0.25) is 4.79 Å². The van der Waals surface area contributed by atoms with E-state index in [-0.39, 0.29) is 29.6 Å². The monoisotopic (exact) mass is 411 g/mol. The van der Waals surface area contributed by atoms with Gasteiger partial charge in [0, 0.05) is 5.56 Å². The number of rotatable bonds is 6. The van der Waals surface area contributed by atoms with Crippen molar-refractivity contribution in [2.24, 2.45) is 0 Å². The van der Waals surface area contributed by atoms with E-state index in [1.54, 1.807) is 30.5 Å². The molecule has 1 unspecified atom stereocenters. The zero-order valence-electron chi connectivity index (χ0n) is 16.6. The van der Waals surface area contributed by atoms with Crippen LogP contribution in [0.25, 0.3) is 11.3 Å². The first-order chi connectivity index (χ1) is 15.1. The van der Waals surface area contributed by atoms with Crippen LogP contribution in [0.5, 0.6) is 5.75 Å². The first-order valence-electron chi connectivity index (χ1n) is 9.83. The van der Waals surface area contributed by atoms with Crippen LogP contribution in [-0.4, -0.2) is 26.1 Å². The summed E-state index contributed by atoms with van der Waals surface area (Å²) in [4.78, 5) is 21.6. The summed E-state index contributed by atoms with van der Waals surface area (Å²) >= 11 is 0. The van der Waals surface area contributed by atoms with Crippen molar-refractivity contribution in [2.75, 3.05) is 5.32 Å². The summed E-state index contributed by atoms with van der Waals surface area (Å²) < 4.78 is 0. The number of nitrogens with one attached hydrogen (secondary N) is 1. The normalized spacial score (nSPS) is 11.6. The van der Waals surface area contributed by atoms with Gasteiger partial charge >= 0.3 is 0 Å². The maximum Gasteiger partial charge on any atom is 0.229 e. The minimum absolute atomic E-state index is 0.100. The third-order valence-corrected chi connectivity index (χ3v) is 4.80. The maximum absolute atomic E-state index is 12.6. The number of aromatic hydroxyl groups is 1. The van der Waals surface area contributed by atoms with Crippen LogP contribution in [0.3, 0.4) is 0 Å². The highest BCUT2D eigenvalue weighted by atomic mass is 16.3. The summed E-state index contributed by atoms with van der Waals surface area (Å²) in [6.07, 6.45) is 0.622. The van der Waals surface area contributed by atoms with Crippen molar-refractivity contribution in [1.82, 2.24) is 9.97 Å². The molecule has 1 atom stereocenters. The molecule has 0 saturated heterocycles. The molecule has 0 radical (unpaired) electrons. The zero-order chi connectivity index (χ0) is 21.6. The average Bonchev–Trinajstić information content (AvgIpc) is 2.81. The van der Waals surface area contributed by atoms with E-state index in [1.807, 2.05) is 48.5 Å². The second-order valence-electron chi connectivity index (χ2n) is 7.06. The summed E-state index contributed by atoms with van der Waals surface area (Å²) in [5.41, 5.74) is 3.12. The fraction of sp³-hybridized carbons (Fsp3) is 0.0800. The predicted molar refractivity (Wildman–Crippen MR) is 118 cm³/mol. The molecule has 0 aliphatic heterocycles. The van der Waals surface area contributed by atoms with Gasteiger partial charge in [-0.25, -0.2) is 9.97 Å². The number of aliphatic hydroxyl groups is 1. The number of nitrogens with zero attached hydrogens (tertiary/aromatic N) is 2. The number of amides is 1. The minimum Gasteiger partial charge on any atom is -0.508 e. The van der Waals surface area contributed by atoms with Crippen molar-refractivity contribution >= 4 is 11.7 Å². The number of phenolic OH excluding ortho intramolecular Hbond substituents is 1. The molecule has 31 heavy (non-hydrogen) atoms. The molecule has 1 amide bonds. The number of carbonyl (C=O) groups excluding carboxylic acids is 1. The number of aliphatic hydroxyl groups excluding tert-OH is 1. The Labute approximate surface area is 179 Å². The van der Waals surface area contributed by atoms with Crippen molar-refractivity contribution in [1.29, 1.82) is 0 Å². The van der Waals surface area contributed by atoms with Crippen LogP contribution in [0.2, 0.25) is 0 Å². The van der Waals surface area contributed by atoms with E-state index in [4.69, 9.17) is 0 Å². The van der Waals surface area contributed by atoms with E-state index in [0.717, 1.165) is 11.1 Å². The van der Waals surface area contributed by atoms with E-state index >= 15 is 0 Å². The van der Waals surface area contributed by atoms with Crippen molar-refractivity contribution in [3.05, 3.63) is 108 Å². The quantitative estimate of drug-likeness (QED) is 0.444. The van der Waals surface area contributed by atoms with E-state index in [1.165, 1.54) is 12.1 Å². The smallest absolute Gasteiger partial charge is 0.229 e. The minimum atomic E-state index is -1.05. The van der Waals surface area contributed by atoms with Crippen LogP contribution >= 0.6 is 0 Å². The second kappa shape index (κ2) is 9.19. The average molecular weight is 411 g/mol. The van der Waals surface area contributed by atoms with E-state index in [9.17, 15) is 15.0 Å². The fourth-order valence-electron chi connectivity index (χ4n) is 3.21. The number of anilines is 1. The molecule has 0 spiro atoms. The SMILES string of the molecule is O=C(Cc1ccc(O)cc1)Nc1ncc(-c2ccccc2)nc1C(O)c1ccccc1. The number of hydrogen-bond acceptors (Lipinski definition) is 5. The predicted octanol–water partition coefficient (Wildman–Crippen LogP) is 4.11. The first kappa shape index (κ1) is 20.3. The van der Waals surface area contributed by atoms with Gasteiger partial charge in [0.1, 0.15) is 17.5 Å². The van der Waals surface area contributed by atoms with Crippen LogP contribution in [0.15, 0.2) is 91.1 Å². The van der Waals surface area contributed by atoms with Crippen molar-refractivity contribution in [3.63, 3.8) is 0 Å². The summed E-state index contributed by atoms with van der Waals surface area (Å²) in [6, 6.07) is 25.1. The van der Waals surface area contributed by atoms with E-state index in [2.05, 4.69) is 15.3 Å². The molecular weight excluding hydrogens is 390 g/mol. The van der Waals surface area contributed by atoms with Crippen molar-refractivity contribution in [3.8, 4) is 17.0 Å². The van der Waals surface area contributed by atoms with Gasteiger partial charge in [-0.2, -0.15) is 0 Å². The van der Waals surface area contributed by atoms with Crippen LogP contribution in [0.1, 0.15) is 22.9 Å². The number of hydrogen-bond donors (Lipinski definition) is 3. The molecule has 3 aromatic carbocycles. The Balaban J connectivity index is 1.65. The first-order valence-corrected chi connectivity index (χ1v) is 9.83. The third kappa shape index (κ3) is 4.94. The Bertz CT molecular complexity index is 1160. The lowest BCUT2D eigenvalue weighted by molar-refractivity contribution is -0.115. The summed E-state index contributed by atoms with van der Waals surface area (Å²) in [5, 5.41) is 23.2. The van der Waals surface area contributed by atoms with Gasteiger partial charge < -0.3 is 15.5 Å². The second-order valence-corrected chi connectivity index (χ2v) is 7.06. The molecule has 0 fully saturated rings. The Morgan fingerprint density at radius 2 is 1.55 bits per heavy atom. The van der Waals surface area contributed by atoms with Gasteiger partial charge in [0.15, 0.2) is 5.82 Å². The van der Waals surface area contributed by atoms with Crippen LogP contribution in [0.4, 0.5) is 5.82 Å². The number of aromatic nitrogens is 2. The topological polar surface area (TPSA) is 95.3 Å². The molecule has 0 saturated carbocycles. The lowest BCUT2D eigenvalue weighted by Crippen LogP contribution is -2.19. The Hall–Kier alpha value is -4.03. The third-order valence-electron chi connectivity index (χ3n) is 4.80. The lowest BCUT2D eigenvalue weighted by atomic mass is 10.1. The molecule has 1 heterocycles. The molecule has 0 bridgehead atoms. The molecule has 4 aromatic rings. The van der Waals surface area contributed by atoms with Gasteiger partial charge in [-0.15, -0.1) is 0 Å². The van der Waals surface area contributed by atoms with Crippen molar-refractivity contribution in [2.45, 2.75) is 12.5 Å². The molecular formula is C25H21N3O3. The van der Waals surface area contributed by atoms with Gasteiger partial charge in [-0.1, -0.05) is 72.8 Å². The Morgan fingerprint density at radius 1 is 0.903 bits per heavy atom. The molecule has 6 heteroatoms. The van der Waals surface area contributed by atoms with Crippen LogP contribution in [0, 0.1) is 0 Å². The molecule has 0 aliphatic carbocycles. The summed E-state index contributed by atoms with van der Waals surface area (Å²) in [5.74, 6) is 0.0496. The Kier molecular flexibility index (Phi) is 6.01. The van der Waals surface area contributed by atoms with E-state index < -0.39 is 6.10 Å². The van der Waals surface area contributed by atoms with Gasteiger partial charge in [0.2, 0.25) is 5.91 Å². The highest BCUT2D eigenvalue weighted by molar-refractivity contribution is 5.92. The largest absolute Gasteiger partial charge is 0.508 e.